The molecule has 1 N–H and O–H groups in total. The molecule has 13 heavy (non-hydrogen) atoms. The van der Waals surface area contributed by atoms with Crippen molar-refractivity contribution in [3.63, 3.8) is 0 Å². The Hall–Kier alpha value is -0.610. The number of likely N-dealkylation sites (tertiary alicyclic amines) is 1. The molecule has 4 nitrogen and oxygen atoms in total. The molecule has 1 heterocycles. The number of amides is 1. The zero-order valence-corrected chi connectivity index (χ0v) is 7.32. The van der Waals surface area contributed by atoms with Gasteiger partial charge >= 0.3 is 0 Å². The maximum atomic E-state index is 11.2. The molecule has 1 aliphatic heterocycles. The fourth-order valence-electron chi connectivity index (χ4n) is 1.33. The molecule has 0 unspecified atom stereocenters. The van der Waals surface area contributed by atoms with Crippen molar-refractivity contribution in [1.29, 1.82) is 0 Å². The van der Waals surface area contributed by atoms with Gasteiger partial charge in [-0.1, -0.05) is 7.43 Å². The SMILES string of the molecule is C.COCC(=O)N1CCC(O)CC1. The Balaban J connectivity index is 0.00000144. The van der Waals surface area contributed by atoms with Crippen LogP contribution in [0.5, 0.6) is 0 Å². The van der Waals surface area contributed by atoms with E-state index in [0.29, 0.717) is 25.9 Å². The van der Waals surface area contributed by atoms with Crippen LogP contribution in [0.3, 0.4) is 0 Å². The zero-order valence-electron chi connectivity index (χ0n) is 7.32. The lowest BCUT2D eigenvalue weighted by atomic mass is 10.1. The highest BCUT2D eigenvalue weighted by Gasteiger charge is 2.20. The minimum absolute atomic E-state index is 0. The van der Waals surface area contributed by atoms with Crippen LogP contribution in [-0.2, 0) is 9.53 Å². The Bertz CT molecular complexity index is 153. The van der Waals surface area contributed by atoms with Crippen LogP contribution in [0, 0.1) is 0 Å². The first-order valence-electron chi connectivity index (χ1n) is 4.19. The van der Waals surface area contributed by atoms with Gasteiger partial charge in [0.1, 0.15) is 6.61 Å². The Morgan fingerprint density at radius 3 is 2.54 bits per heavy atom. The molecular weight excluding hydrogens is 170 g/mol. The van der Waals surface area contributed by atoms with Crippen LogP contribution < -0.4 is 0 Å². The van der Waals surface area contributed by atoms with Gasteiger partial charge in [0.2, 0.25) is 5.91 Å². The molecule has 78 valence electrons. The van der Waals surface area contributed by atoms with E-state index in [1.807, 2.05) is 0 Å². The smallest absolute Gasteiger partial charge is 0.248 e. The van der Waals surface area contributed by atoms with Crippen molar-refractivity contribution < 1.29 is 14.6 Å². The molecule has 0 aromatic carbocycles. The quantitative estimate of drug-likeness (QED) is 0.677. The summed E-state index contributed by atoms with van der Waals surface area (Å²) in [6, 6.07) is 0. The maximum Gasteiger partial charge on any atom is 0.248 e. The van der Waals surface area contributed by atoms with Gasteiger partial charge in [-0.25, -0.2) is 0 Å². The molecule has 0 aliphatic carbocycles. The van der Waals surface area contributed by atoms with E-state index in [1.54, 1.807) is 4.90 Å². The van der Waals surface area contributed by atoms with Crippen molar-refractivity contribution in [3.05, 3.63) is 0 Å². The number of hydrogen-bond donors (Lipinski definition) is 1. The van der Waals surface area contributed by atoms with Gasteiger partial charge in [0.25, 0.3) is 0 Å². The number of carbonyl (C=O) groups excluding carboxylic acids is 1. The second-order valence-electron chi connectivity index (χ2n) is 3.04. The molecule has 0 bridgehead atoms. The number of carbonyl (C=O) groups is 1. The van der Waals surface area contributed by atoms with Crippen LogP contribution in [0.15, 0.2) is 0 Å². The van der Waals surface area contributed by atoms with Crippen molar-refractivity contribution in [1.82, 2.24) is 4.90 Å². The highest BCUT2D eigenvalue weighted by Crippen LogP contribution is 2.09. The Morgan fingerprint density at radius 1 is 1.54 bits per heavy atom. The fraction of sp³-hybridized carbons (Fsp3) is 0.889. The summed E-state index contributed by atoms with van der Waals surface area (Å²) in [4.78, 5) is 13.0. The molecule has 1 aliphatic rings. The summed E-state index contributed by atoms with van der Waals surface area (Å²) in [5.74, 6) is 0.0180. The third-order valence-electron chi connectivity index (χ3n) is 2.08. The number of ether oxygens (including phenoxy) is 1. The molecule has 1 fully saturated rings. The van der Waals surface area contributed by atoms with Crippen LogP contribution in [0.2, 0.25) is 0 Å². The molecule has 4 heteroatoms. The highest BCUT2D eigenvalue weighted by atomic mass is 16.5. The second kappa shape index (κ2) is 5.94. The largest absolute Gasteiger partial charge is 0.393 e. The van der Waals surface area contributed by atoms with Gasteiger partial charge in [-0.3, -0.25) is 4.79 Å². The summed E-state index contributed by atoms with van der Waals surface area (Å²) in [6.07, 6.45) is 1.15. The highest BCUT2D eigenvalue weighted by molar-refractivity contribution is 5.77. The van der Waals surface area contributed by atoms with E-state index in [2.05, 4.69) is 0 Å². The van der Waals surface area contributed by atoms with Crippen molar-refractivity contribution >= 4 is 5.91 Å². The van der Waals surface area contributed by atoms with E-state index in [9.17, 15) is 4.79 Å². The third kappa shape index (κ3) is 3.74. The number of methoxy groups -OCH3 is 1. The average molecular weight is 189 g/mol. The molecule has 1 rings (SSSR count). The topological polar surface area (TPSA) is 49.8 Å². The van der Waals surface area contributed by atoms with Crippen molar-refractivity contribution in [3.8, 4) is 0 Å². The van der Waals surface area contributed by atoms with Crippen molar-refractivity contribution in [2.24, 2.45) is 0 Å². The first-order valence-corrected chi connectivity index (χ1v) is 4.19. The first-order chi connectivity index (χ1) is 5.74. The van der Waals surface area contributed by atoms with Crippen LogP contribution in [0.25, 0.3) is 0 Å². The van der Waals surface area contributed by atoms with Gasteiger partial charge in [-0.2, -0.15) is 0 Å². The summed E-state index contributed by atoms with van der Waals surface area (Å²) in [6.45, 7) is 1.46. The minimum Gasteiger partial charge on any atom is -0.393 e. The van der Waals surface area contributed by atoms with Gasteiger partial charge in [0, 0.05) is 20.2 Å². The number of aliphatic hydroxyl groups is 1. The standard InChI is InChI=1S/C8H15NO3.CH4/c1-12-6-8(11)9-4-2-7(10)3-5-9;/h7,10H,2-6H2,1H3;1H4. The summed E-state index contributed by atoms with van der Waals surface area (Å²) in [5, 5.41) is 9.17. The van der Waals surface area contributed by atoms with E-state index < -0.39 is 0 Å². The monoisotopic (exact) mass is 189 g/mol. The van der Waals surface area contributed by atoms with Gasteiger partial charge in [0.15, 0.2) is 0 Å². The Labute approximate surface area is 79.5 Å². The van der Waals surface area contributed by atoms with Crippen molar-refractivity contribution in [2.75, 3.05) is 26.8 Å². The summed E-state index contributed by atoms with van der Waals surface area (Å²) < 4.78 is 4.73. The minimum atomic E-state index is -0.225. The molecule has 0 atom stereocenters. The molecule has 0 aromatic rings. The Kier molecular flexibility index (Phi) is 5.66. The van der Waals surface area contributed by atoms with E-state index in [-0.39, 0.29) is 26.0 Å². The van der Waals surface area contributed by atoms with Crippen molar-refractivity contribution in [2.45, 2.75) is 26.4 Å². The lowest BCUT2D eigenvalue weighted by molar-refractivity contribution is -0.137. The lowest BCUT2D eigenvalue weighted by Gasteiger charge is -2.29. The normalized spacial score (nSPS) is 18.2. The summed E-state index contributed by atoms with van der Waals surface area (Å²) in [7, 11) is 1.51. The van der Waals surface area contributed by atoms with Crippen LogP contribution >= 0.6 is 0 Å². The van der Waals surface area contributed by atoms with E-state index in [0.717, 1.165) is 0 Å². The van der Waals surface area contributed by atoms with Gasteiger partial charge in [-0.05, 0) is 12.8 Å². The van der Waals surface area contributed by atoms with E-state index in [4.69, 9.17) is 9.84 Å². The number of piperidine rings is 1. The second-order valence-corrected chi connectivity index (χ2v) is 3.04. The van der Waals surface area contributed by atoms with Crippen LogP contribution in [0.4, 0.5) is 0 Å². The van der Waals surface area contributed by atoms with E-state index in [1.165, 1.54) is 7.11 Å². The van der Waals surface area contributed by atoms with E-state index >= 15 is 0 Å². The zero-order chi connectivity index (χ0) is 8.97. The number of rotatable bonds is 2. The predicted octanol–water partition coefficient (Wildman–Crippen LogP) is 0.252. The molecule has 0 spiro atoms. The number of aliphatic hydroxyl groups excluding tert-OH is 1. The molecule has 1 saturated heterocycles. The molecule has 1 amide bonds. The predicted molar refractivity (Wildman–Crippen MR) is 50.4 cm³/mol. The average Bonchev–Trinajstić information content (AvgIpc) is 2.06. The number of hydrogen-bond acceptors (Lipinski definition) is 3. The van der Waals surface area contributed by atoms with Crippen LogP contribution in [0.1, 0.15) is 20.3 Å². The molecule has 0 radical (unpaired) electrons. The lowest BCUT2D eigenvalue weighted by Crippen LogP contribution is -2.41. The first kappa shape index (κ1) is 12.4. The number of nitrogens with zero attached hydrogens (tertiary/aromatic N) is 1. The molecule has 0 saturated carbocycles. The Morgan fingerprint density at radius 2 is 2.08 bits per heavy atom. The molecular formula is C9H19NO3. The maximum absolute atomic E-state index is 11.2. The third-order valence-corrected chi connectivity index (χ3v) is 2.08. The molecule has 0 aromatic heterocycles. The van der Waals surface area contributed by atoms with Crippen LogP contribution in [-0.4, -0.2) is 48.8 Å². The fourth-order valence-corrected chi connectivity index (χ4v) is 1.33. The van der Waals surface area contributed by atoms with Gasteiger partial charge < -0.3 is 14.7 Å². The summed E-state index contributed by atoms with van der Waals surface area (Å²) >= 11 is 0. The van der Waals surface area contributed by atoms with Gasteiger partial charge in [0.05, 0.1) is 6.10 Å². The van der Waals surface area contributed by atoms with Gasteiger partial charge in [-0.15, -0.1) is 0 Å². The summed E-state index contributed by atoms with van der Waals surface area (Å²) in [5.41, 5.74) is 0.